The summed E-state index contributed by atoms with van der Waals surface area (Å²) in [5, 5.41) is 3.05. The normalized spacial score (nSPS) is 13.2. The van der Waals surface area contributed by atoms with Crippen LogP contribution in [0.15, 0.2) is 67.0 Å². The van der Waals surface area contributed by atoms with Crippen LogP contribution < -0.4 is 10.2 Å². The van der Waals surface area contributed by atoms with Crippen molar-refractivity contribution in [3.05, 3.63) is 89.4 Å². The maximum Gasteiger partial charge on any atom is 0.234 e. The Morgan fingerprint density at radius 1 is 1.03 bits per heavy atom. The molecule has 0 atom stereocenters. The molecule has 4 rings (SSSR count). The smallest absolute Gasteiger partial charge is 0.234 e. The van der Waals surface area contributed by atoms with Crippen LogP contribution in [0.1, 0.15) is 22.4 Å². The number of anilines is 1. The zero-order chi connectivity index (χ0) is 20.8. The molecule has 0 saturated carbocycles. The predicted molar refractivity (Wildman–Crippen MR) is 118 cm³/mol. The van der Waals surface area contributed by atoms with E-state index in [2.05, 4.69) is 44.5 Å². The van der Waals surface area contributed by atoms with Crippen molar-refractivity contribution in [2.75, 3.05) is 25.0 Å². The molecule has 6 heteroatoms. The monoisotopic (exact) mass is 401 g/mol. The minimum absolute atomic E-state index is 0.00720. The third-order valence-corrected chi connectivity index (χ3v) is 5.35. The van der Waals surface area contributed by atoms with Crippen molar-refractivity contribution in [2.24, 2.45) is 0 Å². The van der Waals surface area contributed by atoms with Gasteiger partial charge < -0.3 is 10.2 Å². The van der Waals surface area contributed by atoms with Crippen molar-refractivity contribution in [2.45, 2.75) is 26.1 Å². The van der Waals surface area contributed by atoms with Gasteiger partial charge in [0.05, 0.1) is 12.2 Å². The molecule has 2 aromatic heterocycles. The van der Waals surface area contributed by atoms with Crippen molar-refractivity contribution >= 4 is 11.7 Å². The van der Waals surface area contributed by atoms with Crippen LogP contribution in [-0.4, -0.2) is 40.9 Å². The molecule has 3 aromatic rings. The number of carbonyl (C=O) groups is 1. The van der Waals surface area contributed by atoms with E-state index in [-0.39, 0.29) is 5.91 Å². The van der Waals surface area contributed by atoms with Gasteiger partial charge in [-0.25, -0.2) is 4.98 Å². The van der Waals surface area contributed by atoms with Crippen molar-refractivity contribution in [3.63, 3.8) is 0 Å². The molecule has 1 amide bonds. The lowest BCUT2D eigenvalue weighted by Gasteiger charge is -2.31. The summed E-state index contributed by atoms with van der Waals surface area (Å²) in [6, 6.07) is 18.4. The second-order valence-corrected chi connectivity index (χ2v) is 7.70. The zero-order valence-corrected chi connectivity index (χ0v) is 17.3. The van der Waals surface area contributed by atoms with Gasteiger partial charge in [-0.15, -0.1) is 0 Å². The molecule has 0 spiro atoms. The molecule has 3 heterocycles. The standard InChI is InChI=1S/C24H27N5O/c1-28(17-22-10-4-5-12-25-22)18-23(30)27-15-20-9-6-13-26-24(20)29-14-11-19-7-2-3-8-21(19)16-29/h2-10,12-13H,11,14-18H2,1H3,(H,27,30). The number of rotatable bonds is 7. The van der Waals surface area contributed by atoms with Gasteiger partial charge in [-0.3, -0.25) is 14.7 Å². The van der Waals surface area contributed by atoms with Gasteiger partial charge in [-0.05, 0) is 42.8 Å². The summed E-state index contributed by atoms with van der Waals surface area (Å²) in [7, 11) is 1.93. The fourth-order valence-corrected chi connectivity index (χ4v) is 3.85. The van der Waals surface area contributed by atoms with Crippen LogP contribution in [0, 0.1) is 0 Å². The highest BCUT2D eigenvalue weighted by molar-refractivity contribution is 5.78. The summed E-state index contributed by atoms with van der Waals surface area (Å²) in [6.07, 6.45) is 4.60. The topological polar surface area (TPSA) is 61.4 Å². The van der Waals surface area contributed by atoms with Gasteiger partial charge in [0.2, 0.25) is 5.91 Å². The van der Waals surface area contributed by atoms with E-state index < -0.39 is 0 Å². The Balaban J connectivity index is 1.35. The summed E-state index contributed by atoms with van der Waals surface area (Å²) < 4.78 is 0. The van der Waals surface area contributed by atoms with Crippen molar-refractivity contribution in [1.82, 2.24) is 20.2 Å². The Bertz CT molecular complexity index is 992. The van der Waals surface area contributed by atoms with Crippen molar-refractivity contribution < 1.29 is 4.79 Å². The second kappa shape index (κ2) is 9.50. The first-order valence-electron chi connectivity index (χ1n) is 10.3. The molecule has 0 bridgehead atoms. The highest BCUT2D eigenvalue weighted by Gasteiger charge is 2.19. The fourth-order valence-electron chi connectivity index (χ4n) is 3.85. The molecule has 1 aliphatic rings. The molecule has 0 fully saturated rings. The molecule has 1 aliphatic heterocycles. The number of pyridine rings is 2. The SMILES string of the molecule is CN(CC(=O)NCc1cccnc1N1CCc2ccccc2C1)Cc1ccccn1. The number of amides is 1. The number of hydrogen-bond acceptors (Lipinski definition) is 5. The van der Waals surface area contributed by atoms with E-state index in [1.54, 1.807) is 6.20 Å². The summed E-state index contributed by atoms with van der Waals surface area (Å²) in [5.41, 5.74) is 4.75. The Morgan fingerprint density at radius 3 is 2.67 bits per heavy atom. The quantitative estimate of drug-likeness (QED) is 0.660. The lowest BCUT2D eigenvalue weighted by molar-refractivity contribution is -0.122. The first-order valence-corrected chi connectivity index (χ1v) is 10.3. The number of fused-ring (bicyclic) bond motifs is 1. The van der Waals surface area contributed by atoms with Crippen LogP contribution in [0.25, 0.3) is 0 Å². The Kier molecular flexibility index (Phi) is 6.35. The number of hydrogen-bond donors (Lipinski definition) is 1. The molecule has 1 aromatic carbocycles. The minimum atomic E-state index is -0.00720. The average molecular weight is 402 g/mol. The van der Waals surface area contributed by atoms with E-state index in [1.807, 2.05) is 48.5 Å². The maximum atomic E-state index is 12.5. The number of likely N-dealkylation sites (N-methyl/N-ethyl adjacent to an activating group) is 1. The molecule has 0 saturated heterocycles. The van der Waals surface area contributed by atoms with E-state index in [0.29, 0.717) is 19.6 Å². The van der Waals surface area contributed by atoms with Crippen LogP contribution in [-0.2, 0) is 30.8 Å². The van der Waals surface area contributed by atoms with Gasteiger partial charge in [0.15, 0.2) is 0 Å². The molecule has 154 valence electrons. The third kappa shape index (κ3) is 5.02. The van der Waals surface area contributed by atoms with Gasteiger partial charge >= 0.3 is 0 Å². The maximum absolute atomic E-state index is 12.5. The van der Waals surface area contributed by atoms with Crippen LogP contribution in [0.4, 0.5) is 5.82 Å². The lowest BCUT2D eigenvalue weighted by atomic mass is 9.99. The molecule has 30 heavy (non-hydrogen) atoms. The Labute approximate surface area is 177 Å². The lowest BCUT2D eigenvalue weighted by Crippen LogP contribution is -2.36. The van der Waals surface area contributed by atoms with Crippen LogP contribution in [0.5, 0.6) is 0 Å². The summed E-state index contributed by atoms with van der Waals surface area (Å²) in [6.45, 7) is 3.21. The molecular weight excluding hydrogens is 374 g/mol. The number of nitrogens with zero attached hydrogens (tertiary/aromatic N) is 4. The van der Waals surface area contributed by atoms with E-state index in [1.165, 1.54) is 11.1 Å². The number of nitrogens with one attached hydrogen (secondary N) is 1. The van der Waals surface area contributed by atoms with Crippen molar-refractivity contribution in [3.8, 4) is 0 Å². The second-order valence-electron chi connectivity index (χ2n) is 7.70. The van der Waals surface area contributed by atoms with Gasteiger partial charge in [-0.2, -0.15) is 0 Å². The van der Waals surface area contributed by atoms with E-state index >= 15 is 0 Å². The molecular formula is C24H27N5O. The minimum Gasteiger partial charge on any atom is -0.352 e. The summed E-state index contributed by atoms with van der Waals surface area (Å²) in [4.78, 5) is 25.7. The van der Waals surface area contributed by atoms with Crippen LogP contribution >= 0.6 is 0 Å². The van der Waals surface area contributed by atoms with E-state index in [9.17, 15) is 4.79 Å². The fraction of sp³-hybridized carbons (Fsp3) is 0.292. The first-order chi connectivity index (χ1) is 14.7. The van der Waals surface area contributed by atoms with Crippen LogP contribution in [0.2, 0.25) is 0 Å². The largest absolute Gasteiger partial charge is 0.352 e. The molecule has 6 nitrogen and oxygen atoms in total. The highest BCUT2D eigenvalue weighted by atomic mass is 16.2. The van der Waals surface area contributed by atoms with E-state index in [0.717, 1.165) is 36.6 Å². The molecule has 0 aliphatic carbocycles. The summed E-state index contributed by atoms with van der Waals surface area (Å²) in [5.74, 6) is 0.946. The third-order valence-electron chi connectivity index (χ3n) is 5.35. The zero-order valence-electron chi connectivity index (χ0n) is 17.3. The Morgan fingerprint density at radius 2 is 1.83 bits per heavy atom. The highest BCUT2D eigenvalue weighted by Crippen LogP contribution is 2.25. The van der Waals surface area contributed by atoms with E-state index in [4.69, 9.17) is 0 Å². The van der Waals surface area contributed by atoms with Crippen LogP contribution in [0.3, 0.4) is 0 Å². The predicted octanol–water partition coefficient (Wildman–Crippen LogP) is 2.79. The number of benzene rings is 1. The van der Waals surface area contributed by atoms with Gasteiger partial charge in [0, 0.05) is 44.1 Å². The molecule has 0 radical (unpaired) electrons. The Hall–Kier alpha value is -3.25. The van der Waals surface area contributed by atoms with Crippen molar-refractivity contribution in [1.29, 1.82) is 0 Å². The average Bonchev–Trinajstić information content (AvgIpc) is 2.78. The van der Waals surface area contributed by atoms with Gasteiger partial charge in [-0.1, -0.05) is 36.4 Å². The first kappa shape index (κ1) is 20.0. The summed E-state index contributed by atoms with van der Waals surface area (Å²) >= 11 is 0. The van der Waals surface area contributed by atoms with Gasteiger partial charge in [0.25, 0.3) is 0 Å². The molecule has 1 N–H and O–H groups in total. The molecule has 0 unspecified atom stereocenters. The number of aromatic nitrogens is 2. The van der Waals surface area contributed by atoms with Gasteiger partial charge in [0.1, 0.15) is 5.82 Å². The number of carbonyl (C=O) groups excluding carboxylic acids is 1.